The van der Waals surface area contributed by atoms with Crippen molar-refractivity contribution >= 4 is 38.1 Å². The molecule has 0 fully saturated rings. The summed E-state index contributed by atoms with van der Waals surface area (Å²) in [6.07, 6.45) is 0. The summed E-state index contributed by atoms with van der Waals surface area (Å²) < 4.78 is 8.67. The number of para-hydroxylation sites is 2. The van der Waals surface area contributed by atoms with Crippen LogP contribution in [0.2, 0.25) is 0 Å². The Morgan fingerprint density at radius 2 is 1.26 bits per heavy atom. The molecule has 0 radical (unpaired) electrons. The number of rotatable bonds is 4. The molecule has 0 saturated heterocycles. The molecule has 0 aliphatic carbocycles. The first-order chi connectivity index (χ1) is 18.8. The molecule has 4 nitrogen and oxygen atoms in total. The molecule has 0 amide bonds. The van der Waals surface area contributed by atoms with E-state index in [1.54, 1.807) is 0 Å². The number of ether oxygens (including phenoxy) is 1. The van der Waals surface area contributed by atoms with Gasteiger partial charge >= 0.3 is 21.1 Å². The zero-order valence-electron chi connectivity index (χ0n) is 20.5. The van der Waals surface area contributed by atoms with Crippen LogP contribution >= 0.6 is 0 Å². The van der Waals surface area contributed by atoms with E-state index >= 15 is 0 Å². The van der Waals surface area contributed by atoms with Crippen LogP contribution in [0.25, 0.3) is 60.6 Å². The summed E-state index contributed by atoms with van der Waals surface area (Å²) in [6, 6.07) is 45.2. The molecule has 5 heteroatoms. The molecular formula is C34H19N3OPt. The Morgan fingerprint density at radius 1 is 0.564 bits per heavy atom. The SMILES string of the molecule is [Pt+2].[c-]1ccccc1-c1cccc(Oc2cc3c4cccc5c6ccccc6n(c3c(-c3[c-]cccc3)n2)c54)n1. The molecule has 4 aromatic heterocycles. The maximum Gasteiger partial charge on any atom is 2.00 e. The van der Waals surface area contributed by atoms with Crippen LogP contribution < -0.4 is 4.74 Å². The molecule has 8 aromatic rings. The first-order valence-electron chi connectivity index (χ1n) is 12.5. The third-order valence-corrected chi connectivity index (χ3v) is 7.06. The van der Waals surface area contributed by atoms with Crippen molar-refractivity contribution in [2.75, 3.05) is 0 Å². The largest absolute Gasteiger partial charge is 2.00 e. The molecule has 8 rings (SSSR count). The second kappa shape index (κ2) is 9.34. The number of pyridine rings is 2. The number of aromatic nitrogens is 3. The van der Waals surface area contributed by atoms with E-state index in [0.717, 1.165) is 38.9 Å². The molecule has 186 valence electrons. The van der Waals surface area contributed by atoms with Gasteiger partial charge in [-0.2, -0.15) is 0 Å². The molecule has 0 spiro atoms. The number of benzene rings is 4. The molecule has 0 N–H and O–H groups in total. The molecule has 4 heterocycles. The summed E-state index contributed by atoms with van der Waals surface area (Å²) in [7, 11) is 0. The van der Waals surface area contributed by atoms with Crippen LogP contribution in [-0.4, -0.2) is 14.4 Å². The second-order valence-corrected chi connectivity index (χ2v) is 9.28. The average molecular weight is 681 g/mol. The van der Waals surface area contributed by atoms with E-state index in [2.05, 4.69) is 59.0 Å². The van der Waals surface area contributed by atoms with Crippen LogP contribution in [0.3, 0.4) is 0 Å². The van der Waals surface area contributed by atoms with Crippen LogP contribution in [0, 0.1) is 12.1 Å². The minimum atomic E-state index is 0. The van der Waals surface area contributed by atoms with Crippen molar-refractivity contribution in [2.24, 2.45) is 0 Å². The van der Waals surface area contributed by atoms with Crippen LogP contribution in [-0.2, 0) is 21.1 Å². The molecule has 4 aromatic carbocycles. The molecular weight excluding hydrogens is 661 g/mol. The van der Waals surface area contributed by atoms with Gasteiger partial charge in [0.05, 0.1) is 11.0 Å². The van der Waals surface area contributed by atoms with Crippen molar-refractivity contribution in [3.8, 4) is 34.3 Å². The van der Waals surface area contributed by atoms with Gasteiger partial charge in [0.1, 0.15) is 0 Å². The molecule has 0 saturated carbocycles. The van der Waals surface area contributed by atoms with Crippen molar-refractivity contribution < 1.29 is 25.8 Å². The van der Waals surface area contributed by atoms with E-state index in [0.29, 0.717) is 11.8 Å². The Hall–Kier alpha value is -4.53. The normalized spacial score (nSPS) is 11.4. The van der Waals surface area contributed by atoms with Gasteiger partial charge in [-0.15, -0.1) is 71.8 Å². The fraction of sp³-hybridized carbons (Fsp3) is 0. The van der Waals surface area contributed by atoms with E-state index < -0.39 is 0 Å². The van der Waals surface area contributed by atoms with E-state index in [-0.39, 0.29) is 21.1 Å². The van der Waals surface area contributed by atoms with E-state index in [4.69, 9.17) is 14.7 Å². The summed E-state index contributed by atoms with van der Waals surface area (Å²) >= 11 is 0. The summed E-state index contributed by atoms with van der Waals surface area (Å²) in [5.41, 5.74) is 6.85. The first kappa shape index (κ1) is 23.6. The Balaban J connectivity index is 0.00000253. The van der Waals surface area contributed by atoms with E-state index in [1.165, 1.54) is 21.7 Å². The summed E-state index contributed by atoms with van der Waals surface area (Å²) in [5.74, 6) is 0.973. The minimum Gasteiger partial charge on any atom is -0.422 e. The molecule has 39 heavy (non-hydrogen) atoms. The predicted octanol–water partition coefficient (Wildman–Crippen LogP) is 8.35. The second-order valence-electron chi connectivity index (χ2n) is 9.28. The number of hydrogen-bond donors (Lipinski definition) is 0. The van der Waals surface area contributed by atoms with Gasteiger partial charge in [-0.1, -0.05) is 48.5 Å². The predicted molar refractivity (Wildman–Crippen MR) is 152 cm³/mol. The van der Waals surface area contributed by atoms with Gasteiger partial charge < -0.3 is 9.14 Å². The number of fused-ring (bicyclic) bond motifs is 6. The number of nitrogens with zero attached hydrogens (tertiary/aromatic N) is 3. The van der Waals surface area contributed by atoms with Gasteiger partial charge in [-0.3, -0.25) is 9.97 Å². The fourth-order valence-corrected chi connectivity index (χ4v) is 5.48. The summed E-state index contributed by atoms with van der Waals surface area (Å²) in [4.78, 5) is 9.78. The monoisotopic (exact) mass is 680 g/mol. The van der Waals surface area contributed by atoms with Crippen LogP contribution in [0.5, 0.6) is 11.8 Å². The van der Waals surface area contributed by atoms with Crippen LogP contribution in [0.15, 0.2) is 115 Å². The van der Waals surface area contributed by atoms with Gasteiger partial charge in [0.25, 0.3) is 0 Å². The van der Waals surface area contributed by atoms with Crippen molar-refractivity contribution in [1.82, 2.24) is 14.4 Å². The Morgan fingerprint density at radius 3 is 2.05 bits per heavy atom. The molecule has 0 atom stereocenters. The van der Waals surface area contributed by atoms with Gasteiger partial charge in [-0.05, 0) is 17.8 Å². The standard InChI is InChI=1S/C34H19N3O.Pt/c1-3-11-22(12-4-1)28-18-10-20-30(35-28)38-31-21-27-26-17-9-16-25-24-15-7-8-19-29(24)37(33(25)26)34(27)32(36-31)23-13-5-2-6-14-23;/h1-11,13,15-21H;/q-2;+2. The van der Waals surface area contributed by atoms with Crippen LogP contribution in [0.1, 0.15) is 0 Å². The molecule has 0 aliphatic rings. The fourth-order valence-electron chi connectivity index (χ4n) is 5.48. The van der Waals surface area contributed by atoms with E-state index in [1.807, 2.05) is 72.8 Å². The quantitative estimate of drug-likeness (QED) is 0.176. The third-order valence-electron chi connectivity index (χ3n) is 7.06. The van der Waals surface area contributed by atoms with Gasteiger partial charge in [0.2, 0.25) is 11.8 Å². The third kappa shape index (κ3) is 3.71. The van der Waals surface area contributed by atoms with Gasteiger partial charge in [0.15, 0.2) is 0 Å². The minimum absolute atomic E-state index is 0. The van der Waals surface area contributed by atoms with Crippen molar-refractivity contribution in [2.45, 2.75) is 0 Å². The maximum absolute atomic E-state index is 6.33. The van der Waals surface area contributed by atoms with Crippen molar-refractivity contribution in [3.63, 3.8) is 0 Å². The molecule has 0 aliphatic heterocycles. The molecule has 0 unspecified atom stereocenters. The van der Waals surface area contributed by atoms with Crippen molar-refractivity contribution in [3.05, 3.63) is 127 Å². The molecule has 0 bridgehead atoms. The first-order valence-corrected chi connectivity index (χ1v) is 12.5. The maximum atomic E-state index is 6.33. The van der Waals surface area contributed by atoms with Gasteiger partial charge in [0, 0.05) is 38.8 Å². The average Bonchev–Trinajstić information content (AvgIpc) is 3.50. The smallest absolute Gasteiger partial charge is 0.422 e. The topological polar surface area (TPSA) is 39.4 Å². The van der Waals surface area contributed by atoms with Gasteiger partial charge in [-0.25, -0.2) is 0 Å². The number of hydrogen-bond acceptors (Lipinski definition) is 3. The van der Waals surface area contributed by atoms with E-state index in [9.17, 15) is 0 Å². The Bertz CT molecular complexity index is 2100. The van der Waals surface area contributed by atoms with Crippen LogP contribution in [0.4, 0.5) is 0 Å². The Labute approximate surface area is 239 Å². The summed E-state index contributed by atoms with van der Waals surface area (Å²) in [6.45, 7) is 0. The zero-order valence-corrected chi connectivity index (χ0v) is 22.8. The Kier molecular flexibility index (Phi) is 5.64. The summed E-state index contributed by atoms with van der Waals surface area (Å²) in [5, 5.41) is 4.71. The zero-order chi connectivity index (χ0) is 25.1. The van der Waals surface area contributed by atoms with Crippen molar-refractivity contribution in [1.29, 1.82) is 0 Å².